The summed E-state index contributed by atoms with van der Waals surface area (Å²) in [5.74, 6) is 0. The minimum Gasteiger partial charge on any atom is -0.310 e. The van der Waals surface area contributed by atoms with Crippen molar-refractivity contribution in [2.24, 2.45) is 0 Å². The van der Waals surface area contributed by atoms with Crippen molar-refractivity contribution in [2.75, 3.05) is 9.80 Å². The molecular formula is C134H118BN3Si. The van der Waals surface area contributed by atoms with Crippen molar-refractivity contribution in [3.8, 4) is 106 Å². The van der Waals surface area contributed by atoms with Gasteiger partial charge >= 0.3 is 0 Å². The number of aromatic nitrogens is 1. The first kappa shape index (κ1) is 89.1. The molecule has 2 aliphatic rings. The van der Waals surface area contributed by atoms with Gasteiger partial charge in [0.25, 0.3) is 6.71 Å². The summed E-state index contributed by atoms with van der Waals surface area (Å²) in [5, 5.41) is 7.83. The van der Waals surface area contributed by atoms with Gasteiger partial charge in [-0.2, -0.15) is 0 Å². The van der Waals surface area contributed by atoms with Crippen LogP contribution in [0.15, 0.2) is 443 Å². The van der Waals surface area contributed by atoms with Crippen molar-refractivity contribution in [3.05, 3.63) is 471 Å². The standard InChI is InChI=1S/C134H118BN3Si/c1-130(2,3)103-66-73-121-117(80-103)118-81-104(131(4,5)6)67-74-122(118)136(121)108-68-71-119-124(88-108)138(129-115(101-55-39-51-96(77-101)91-45-27-18-28-46-91)84-106(133(10,11)12)85-116(129)102-56-40-52-97(78-102)92-47-29-19-30-48-92)126-87-107(134(13,14)15)86-125-127(126)135(119)120-79-98(93-63-69-112(70-64-93)139(109-57-31-20-32-58-109,110-59-33-21-34-60-110)111-61-35-22-36-62-111)65-72-123(120)137(125)128-113(99-53-37-49-94(75-99)89-41-23-16-24-42-89)82-105(132(7,8)9)83-114(128)100-54-38-50-95(76-100)90-43-25-17-26-44-90/h16-88H,1-15H3. The van der Waals surface area contributed by atoms with Gasteiger partial charge in [0.05, 0.1) is 22.4 Å². The minimum atomic E-state index is -2.96. The van der Waals surface area contributed by atoms with Crippen molar-refractivity contribution < 1.29 is 0 Å². The van der Waals surface area contributed by atoms with Crippen LogP contribution in [0.5, 0.6) is 0 Å². The van der Waals surface area contributed by atoms with Crippen LogP contribution in [0.2, 0.25) is 0 Å². The molecule has 0 bridgehead atoms. The normalized spacial score (nSPS) is 12.8. The highest BCUT2D eigenvalue weighted by molar-refractivity contribution is 7.20. The third kappa shape index (κ3) is 16.2. The summed E-state index contributed by atoms with van der Waals surface area (Å²) in [5.41, 5.74) is 39.3. The van der Waals surface area contributed by atoms with Gasteiger partial charge in [0.2, 0.25) is 0 Å². The van der Waals surface area contributed by atoms with E-state index in [0.29, 0.717) is 0 Å². The van der Waals surface area contributed by atoms with Crippen molar-refractivity contribution in [2.45, 2.75) is 131 Å². The Balaban J connectivity index is 0.911. The summed E-state index contributed by atoms with van der Waals surface area (Å²) < 4.78 is 2.60. The van der Waals surface area contributed by atoms with E-state index < -0.39 is 13.5 Å². The predicted molar refractivity (Wildman–Crippen MR) is 601 cm³/mol. The van der Waals surface area contributed by atoms with E-state index >= 15 is 0 Å². The summed E-state index contributed by atoms with van der Waals surface area (Å²) in [6, 6.07) is 171. The molecule has 0 saturated carbocycles. The summed E-state index contributed by atoms with van der Waals surface area (Å²) in [4.78, 5) is 5.58. The molecule has 3 nitrogen and oxygen atoms in total. The van der Waals surface area contributed by atoms with E-state index in [1.165, 1.54) is 86.8 Å². The molecule has 139 heavy (non-hydrogen) atoms. The maximum atomic E-state index is 2.81. The molecule has 0 unspecified atom stereocenters. The van der Waals surface area contributed by atoms with Crippen molar-refractivity contribution in [3.63, 3.8) is 0 Å². The molecule has 0 amide bonds. The summed E-state index contributed by atoms with van der Waals surface area (Å²) >= 11 is 0. The number of anilines is 6. The molecule has 0 N–H and O–H groups in total. The maximum Gasteiger partial charge on any atom is 0.252 e. The van der Waals surface area contributed by atoms with Gasteiger partial charge in [0.1, 0.15) is 0 Å². The zero-order chi connectivity index (χ0) is 95.6. The van der Waals surface area contributed by atoms with Crippen molar-refractivity contribution in [1.29, 1.82) is 0 Å². The highest BCUT2D eigenvalue weighted by Gasteiger charge is 2.48. The van der Waals surface area contributed by atoms with E-state index in [1.807, 2.05) is 0 Å². The van der Waals surface area contributed by atoms with Gasteiger partial charge in [-0.05, 0) is 273 Å². The Hall–Kier alpha value is -15.1. The Kier molecular flexibility index (Phi) is 22.3. The van der Waals surface area contributed by atoms with Crippen LogP contribution in [0.25, 0.3) is 128 Å². The molecule has 0 spiro atoms. The Morgan fingerprint density at radius 1 is 0.194 bits per heavy atom. The first-order valence-electron chi connectivity index (χ1n) is 49.5. The largest absolute Gasteiger partial charge is 0.310 e. The number of fused-ring (bicyclic) bond motifs is 7. The van der Waals surface area contributed by atoms with Crippen LogP contribution in [0, 0.1) is 0 Å². The van der Waals surface area contributed by atoms with Crippen LogP contribution in [0.1, 0.15) is 132 Å². The second kappa shape index (κ2) is 34.8. The number of hydrogen-bond donors (Lipinski definition) is 0. The quantitative estimate of drug-likeness (QED) is 0.0706. The summed E-state index contributed by atoms with van der Waals surface area (Å²) in [6.07, 6.45) is 0. The van der Waals surface area contributed by atoms with Crippen molar-refractivity contribution in [1.82, 2.24) is 4.57 Å². The average molecular weight is 1810 g/mol. The Morgan fingerprint density at radius 3 is 0.827 bits per heavy atom. The highest BCUT2D eigenvalue weighted by atomic mass is 28.3. The third-order valence-corrected chi connectivity index (χ3v) is 34.3. The van der Waals surface area contributed by atoms with E-state index in [2.05, 4.69) is 561 Å². The van der Waals surface area contributed by atoms with E-state index in [4.69, 9.17) is 0 Å². The second-order valence-corrected chi connectivity index (χ2v) is 47.5. The number of hydrogen-bond acceptors (Lipinski definition) is 2. The topological polar surface area (TPSA) is 11.4 Å². The molecule has 20 aromatic rings. The lowest BCUT2D eigenvalue weighted by atomic mass is 9.33. The van der Waals surface area contributed by atoms with Gasteiger partial charge in [-0.25, -0.2) is 0 Å². The first-order valence-corrected chi connectivity index (χ1v) is 51.5. The van der Waals surface area contributed by atoms with E-state index in [0.717, 1.165) is 140 Å². The average Bonchev–Trinajstić information content (AvgIpc) is 0.808. The number of benzene rings is 19. The number of rotatable bonds is 16. The Bertz CT molecular complexity index is 7710. The van der Waals surface area contributed by atoms with Crippen molar-refractivity contribution >= 4 is 108 Å². The van der Waals surface area contributed by atoms with Gasteiger partial charge < -0.3 is 14.4 Å². The highest BCUT2D eigenvalue weighted by Crippen LogP contribution is 2.57. The fourth-order valence-corrected chi connectivity index (χ4v) is 26.7. The van der Waals surface area contributed by atoms with Crippen LogP contribution in [-0.4, -0.2) is 19.4 Å². The van der Waals surface area contributed by atoms with Gasteiger partial charge in [-0.3, -0.25) is 0 Å². The third-order valence-electron chi connectivity index (χ3n) is 29.5. The zero-order valence-corrected chi connectivity index (χ0v) is 83.6. The Morgan fingerprint density at radius 2 is 0.482 bits per heavy atom. The first-order chi connectivity index (χ1) is 67.1. The van der Waals surface area contributed by atoms with Crippen LogP contribution >= 0.6 is 0 Å². The minimum absolute atomic E-state index is 0.108. The van der Waals surface area contributed by atoms with Crippen LogP contribution in [0.3, 0.4) is 0 Å². The zero-order valence-electron chi connectivity index (χ0n) is 82.6. The molecule has 0 saturated heterocycles. The van der Waals surface area contributed by atoms with Crippen LogP contribution in [-0.2, 0) is 27.1 Å². The smallest absolute Gasteiger partial charge is 0.252 e. The van der Waals surface area contributed by atoms with E-state index in [9.17, 15) is 0 Å². The van der Waals surface area contributed by atoms with Gasteiger partial charge in [0.15, 0.2) is 8.07 Å². The molecule has 0 radical (unpaired) electrons. The number of nitrogens with zero attached hydrogens (tertiary/aromatic N) is 3. The van der Waals surface area contributed by atoms with E-state index in [1.54, 1.807) is 0 Å². The fourth-order valence-electron chi connectivity index (χ4n) is 21.9. The lowest BCUT2D eigenvalue weighted by Gasteiger charge is -2.47. The molecule has 2 aliphatic heterocycles. The fraction of sp³-hybridized carbons (Fsp3) is 0.149. The molecular weight excluding hydrogens is 1690 g/mol. The maximum absolute atomic E-state index is 2.96. The SMILES string of the molecule is CC(C)(C)c1cc(-c2cccc(-c3ccccc3)c2)c(N2c3ccc(-c4ccc([Si](c5ccccc5)(c5ccccc5)c5ccccc5)cc4)cc3B3c4ccc(-n5c6ccc(C(C)(C)C)cc6c6cc(C(C)(C)C)ccc65)cc4N(c4c(-c5cccc(-c6ccccc6)c5)cc(C(C)(C)C)cc4-c4cccc(-c5ccccc5)c4)c4cc(C(C)(C)C)cc2c43)c(-c2cccc(-c3ccccc3)c2)c1. The van der Waals surface area contributed by atoms with Gasteiger partial charge in [-0.1, -0.05) is 444 Å². The molecule has 0 atom stereocenters. The van der Waals surface area contributed by atoms with Crippen LogP contribution < -0.4 is 46.9 Å². The lowest BCUT2D eigenvalue weighted by molar-refractivity contribution is 0.590. The van der Waals surface area contributed by atoms with E-state index in [-0.39, 0.29) is 28.4 Å². The monoisotopic (exact) mass is 1810 g/mol. The van der Waals surface area contributed by atoms with Gasteiger partial charge in [0, 0.05) is 61.5 Å². The second-order valence-electron chi connectivity index (χ2n) is 43.7. The molecule has 0 fully saturated rings. The summed E-state index contributed by atoms with van der Waals surface area (Å²) in [6.45, 7) is 35.3. The predicted octanol–water partition coefficient (Wildman–Crippen LogP) is 31.7. The molecule has 676 valence electrons. The molecule has 5 heteroatoms. The molecule has 3 heterocycles. The molecule has 1 aromatic heterocycles. The Labute approximate surface area is 823 Å². The molecule has 22 rings (SSSR count). The lowest BCUT2D eigenvalue weighted by Crippen LogP contribution is -2.74. The summed E-state index contributed by atoms with van der Waals surface area (Å²) in [7, 11) is -2.96. The van der Waals surface area contributed by atoms with Gasteiger partial charge in [-0.15, -0.1) is 0 Å². The van der Waals surface area contributed by atoms with Crippen LogP contribution in [0.4, 0.5) is 34.1 Å². The molecule has 0 aliphatic carbocycles. The molecule has 19 aromatic carbocycles.